The molecule has 0 spiro atoms. The van der Waals surface area contributed by atoms with E-state index in [0.29, 0.717) is 0 Å². The summed E-state index contributed by atoms with van der Waals surface area (Å²) in [7, 11) is -3.68. The molecule has 0 bridgehead atoms. The lowest BCUT2D eigenvalue weighted by atomic mass is 10.0. The number of alkyl carbamates (subject to hydrolysis) is 1. The Labute approximate surface area is 106 Å². The molecule has 1 rings (SSSR count). The second kappa shape index (κ2) is 5.13. The second-order valence-corrected chi connectivity index (χ2v) is 6.78. The number of ether oxygens (including phenoxy) is 2. The van der Waals surface area contributed by atoms with Gasteiger partial charge in [-0.05, 0) is 13.8 Å². The van der Waals surface area contributed by atoms with Gasteiger partial charge in [-0.2, -0.15) is 0 Å². The van der Waals surface area contributed by atoms with Crippen LogP contribution >= 0.6 is 0 Å². The van der Waals surface area contributed by atoms with Crippen LogP contribution in [0.4, 0.5) is 4.79 Å². The minimum absolute atomic E-state index is 0.0899. The highest BCUT2D eigenvalue weighted by Crippen LogP contribution is 2.26. The summed E-state index contributed by atoms with van der Waals surface area (Å²) in [5.74, 6) is -0.824. The fraction of sp³-hybridized carbons (Fsp3) is 0.800. The molecule has 7 nitrogen and oxygen atoms in total. The minimum Gasteiger partial charge on any atom is -0.465 e. The summed E-state index contributed by atoms with van der Waals surface area (Å²) in [4.78, 5) is 22.7. The predicted octanol–water partition coefficient (Wildman–Crippen LogP) is -0.149. The number of hydrogen-bond donors (Lipinski definition) is 1. The third-order valence-corrected chi connectivity index (χ3v) is 4.86. The molecule has 1 N–H and O–H groups in total. The van der Waals surface area contributed by atoms with Gasteiger partial charge in [0.1, 0.15) is 6.10 Å². The first-order valence-corrected chi connectivity index (χ1v) is 7.41. The van der Waals surface area contributed by atoms with E-state index < -0.39 is 32.8 Å². The topological polar surface area (TPSA) is 98.8 Å². The highest BCUT2D eigenvalue weighted by atomic mass is 32.2. The summed E-state index contributed by atoms with van der Waals surface area (Å²) in [6.45, 7) is 3.15. The van der Waals surface area contributed by atoms with Crippen molar-refractivity contribution in [1.82, 2.24) is 5.32 Å². The molecule has 1 aliphatic heterocycles. The van der Waals surface area contributed by atoms with Gasteiger partial charge >= 0.3 is 12.1 Å². The van der Waals surface area contributed by atoms with Crippen LogP contribution in [-0.4, -0.2) is 50.7 Å². The van der Waals surface area contributed by atoms with Gasteiger partial charge in [0, 0.05) is 12.7 Å². The molecule has 0 aromatic heterocycles. The van der Waals surface area contributed by atoms with Gasteiger partial charge in [0.05, 0.1) is 13.2 Å². The van der Waals surface area contributed by atoms with E-state index in [1.165, 1.54) is 6.92 Å². The quantitative estimate of drug-likeness (QED) is 0.703. The SMILES string of the molecule is CCOC(=O)C(C)(C[C@H]1CNC(=O)O1)S(C)(=O)=O. The van der Waals surface area contributed by atoms with Crippen LogP contribution in [0.1, 0.15) is 20.3 Å². The smallest absolute Gasteiger partial charge is 0.407 e. The van der Waals surface area contributed by atoms with Gasteiger partial charge in [-0.1, -0.05) is 0 Å². The number of cyclic esters (lactones) is 1. The molecule has 8 heteroatoms. The number of esters is 1. The standard InChI is InChI=1S/C10H17NO6S/c1-4-16-8(12)10(2,18(3,14)15)5-7-6-11-9(13)17-7/h7H,4-6H2,1-3H3,(H,11,13)/t7-,10?/m0/s1. The molecule has 1 amide bonds. The predicted molar refractivity (Wildman–Crippen MR) is 62.8 cm³/mol. The van der Waals surface area contributed by atoms with Crippen molar-refractivity contribution < 1.29 is 27.5 Å². The Kier molecular flexibility index (Phi) is 4.20. The first-order chi connectivity index (χ1) is 8.20. The van der Waals surface area contributed by atoms with E-state index in [2.05, 4.69) is 5.32 Å². The molecule has 0 saturated carbocycles. The van der Waals surface area contributed by atoms with Gasteiger partial charge in [-0.25, -0.2) is 13.2 Å². The minimum atomic E-state index is -3.68. The first kappa shape index (κ1) is 14.7. The summed E-state index contributed by atoms with van der Waals surface area (Å²) in [6, 6.07) is 0. The molecule has 1 saturated heterocycles. The molecular weight excluding hydrogens is 262 g/mol. The van der Waals surface area contributed by atoms with Gasteiger partial charge in [-0.3, -0.25) is 4.79 Å². The average molecular weight is 279 g/mol. The number of carbonyl (C=O) groups is 2. The van der Waals surface area contributed by atoms with Crippen LogP contribution in [0, 0.1) is 0 Å². The van der Waals surface area contributed by atoms with E-state index >= 15 is 0 Å². The number of nitrogens with one attached hydrogen (secondary N) is 1. The van der Waals surface area contributed by atoms with Crippen LogP contribution in [0.5, 0.6) is 0 Å². The number of amides is 1. The lowest BCUT2D eigenvalue weighted by molar-refractivity contribution is -0.146. The Hall–Kier alpha value is -1.31. The number of hydrogen-bond acceptors (Lipinski definition) is 6. The van der Waals surface area contributed by atoms with E-state index in [0.717, 1.165) is 6.26 Å². The molecule has 0 aliphatic carbocycles. The van der Waals surface area contributed by atoms with Crippen LogP contribution in [0.2, 0.25) is 0 Å². The molecule has 1 heterocycles. The maximum absolute atomic E-state index is 11.8. The Bertz CT molecular complexity index is 445. The Morgan fingerprint density at radius 1 is 1.61 bits per heavy atom. The second-order valence-electron chi connectivity index (χ2n) is 4.34. The summed E-state index contributed by atoms with van der Waals surface area (Å²) < 4.78 is 31.5. The van der Waals surface area contributed by atoms with Gasteiger partial charge < -0.3 is 14.8 Å². The molecule has 0 aromatic rings. The van der Waals surface area contributed by atoms with Crippen LogP contribution in [0.3, 0.4) is 0 Å². The Balaban J connectivity index is 2.92. The molecule has 1 fully saturated rings. The molecule has 0 aromatic carbocycles. The molecule has 104 valence electrons. The Morgan fingerprint density at radius 3 is 2.61 bits per heavy atom. The van der Waals surface area contributed by atoms with E-state index in [4.69, 9.17) is 9.47 Å². The third-order valence-electron chi connectivity index (χ3n) is 2.89. The zero-order valence-electron chi connectivity index (χ0n) is 10.6. The fourth-order valence-electron chi connectivity index (χ4n) is 1.65. The molecule has 1 unspecified atom stereocenters. The molecule has 1 aliphatic rings. The van der Waals surface area contributed by atoms with Crippen molar-refractivity contribution in [3.05, 3.63) is 0 Å². The van der Waals surface area contributed by atoms with Crippen molar-refractivity contribution in [2.45, 2.75) is 31.1 Å². The van der Waals surface area contributed by atoms with Crippen LogP contribution in [-0.2, 0) is 24.1 Å². The molecular formula is C10H17NO6S. The van der Waals surface area contributed by atoms with Gasteiger partial charge in [-0.15, -0.1) is 0 Å². The summed E-state index contributed by atoms with van der Waals surface area (Å²) >= 11 is 0. The van der Waals surface area contributed by atoms with Crippen molar-refractivity contribution in [2.75, 3.05) is 19.4 Å². The summed E-state index contributed by atoms with van der Waals surface area (Å²) in [5.41, 5.74) is 0. The van der Waals surface area contributed by atoms with E-state index in [-0.39, 0.29) is 19.6 Å². The fourth-order valence-corrected chi connectivity index (χ4v) is 2.50. The first-order valence-electron chi connectivity index (χ1n) is 5.52. The van der Waals surface area contributed by atoms with Gasteiger partial charge in [0.15, 0.2) is 14.6 Å². The van der Waals surface area contributed by atoms with Crippen LogP contribution in [0.15, 0.2) is 0 Å². The van der Waals surface area contributed by atoms with Crippen LogP contribution < -0.4 is 5.32 Å². The van der Waals surface area contributed by atoms with E-state index in [1.54, 1.807) is 6.92 Å². The zero-order valence-corrected chi connectivity index (χ0v) is 11.4. The van der Waals surface area contributed by atoms with Crippen molar-refractivity contribution in [1.29, 1.82) is 0 Å². The monoisotopic (exact) mass is 279 g/mol. The third kappa shape index (κ3) is 2.92. The Morgan fingerprint density at radius 2 is 2.22 bits per heavy atom. The van der Waals surface area contributed by atoms with E-state index in [9.17, 15) is 18.0 Å². The number of sulfone groups is 1. The average Bonchev–Trinajstić information content (AvgIpc) is 2.62. The number of rotatable bonds is 5. The summed E-state index contributed by atoms with van der Waals surface area (Å²) in [6.07, 6.45) is -0.418. The largest absolute Gasteiger partial charge is 0.465 e. The van der Waals surface area contributed by atoms with Gasteiger partial charge in [0.2, 0.25) is 0 Å². The lowest BCUT2D eigenvalue weighted by Crippen LogP contribution is -2.47. The van der Waals surface area contributed by atoms with E-state index in [1.807, 2.05) is 0 Å². The summed E-state index contributed by atoms with van der Waals surface area (Å²) in [5, 5.41) is 2.41. The normalized spacial score (nSPS) is 22.8. The molecule has 18 heavy (non-hydrogen) atoms. The van der Waals surface area contributed by atoms with Crippen molar-refractivity contribution >= 4 is 21.9 Å². The van der Waals surface area contributed by atoms with Crippen molar-refractivity contribution in [3.63, 3.8) is 0 Å². The van der Waals surface area contributed by atoms with Crippen molar-refractivity contribution in [2.24, 2.45) is 0 Å². The zero-order chi connectivity index (χ0) is 14.0. The highest BCUT2D eigenvalue weighted by molar-refractivity contribution is 7.92. The lowest BCUT2D eigenvalue weighted by Gasteiger charge is -2.26. The molecule has 2 atom stereocenters. The maximum atomic E-state index is 11.8. The molecule has 0 radical (unpaired) electrons. The van der Waals surface area contributed by atoms with Gasteiger partial charge in [0.25, 0.3) is 0 Å². The number of carbonyl (C=O) groups excluding carboxylic acids is 2. The maximum Gasteiger partial charge on any atom is 0.407 e. The highest BCUT2D eigenvalue weighted by Gasteiger charge is 2.48. The van der Waals surface area contributed by atoms with Crippen molar-refractivity contribution in [3.8, 4) is 0 Å². The van der Waals surface area contributed by atoms with Crippen LogP contribution in [0.25, 0.3) is 0 Å².